The first-order valence-electron chi connectivity index (χ1n) is 7.12. The number of anilines is 2. The van der Waals surface area contributed by atoms with E-state index in [9.17, 15) is 9.59 Å². The van der Waals surface area contributed by atoms with Crippen LogP contribution in [0.15, 0.2) is 46.6 Å². The largest absolute Gasteiger partial charge is 0.422 e. The number of pyridine rings is 1. The Bertz CT molecular complexity index is 808. The topological polar surface area (TPSA) is 165 Å². The van der Waals surface area contributed by atoms with Gasteiger partial charge in [-0.25, -0.2) is 9.78 Å². The number of nitrogens with zero attached hydrogens (tertiary/aromatic N) is 3. The van der Waals surface area contributed by atoms with E-state index >= 15 is 0 Å². The van der Waals surface area contributed by atoms with Gasteiger partial charge in [0.15, 0.2) is 11.6 Å². The van der Waals surface area contributed by atoms with Crippen molar-refractivity contribution in [3.63, 3.8) is 0 Å². The van der Waals surface area contributed by atoms with Crippen molar-refractivity contribution < 1.29 is 19.4 Å². The fraction of sp³-hybridized carbons (Fsp3) is 0.133. The summed E-state index contributed by atoms with van der Waals surface area (Å²) in [7, 11) is 0. The van der Waals surface area contributed by atoms with Crippen LogP contribution < -0.4 is 21.5 Å². The number of aromatic nitrogens is 1. The van der Waals surface area contributed by atoms with Crippen molar-refractivity contribution in [1.29, 1.82) is 0 Å². The maximum Gasteiger partial charge on any atom is 0.337 e. The maximum atomic E-state index is 11.2. The van der Waals surface area contributed by atoms with Crippen LogP contribution in [0.3, 0.4) is 0 Å². The minimum atomic E-state index is -0.816. The van der Waals surface area contributed by atoms with Crippen LogP contribution in [-0.2, 0) is 9.59 Å². The van der Waals surface area contributed by atoms with E-state index in [2.05, 4.69) is 20.5 Å². The lowest BCUT2D eigenvalue weighted by Gasteiger charge is -2.06. The van der Waals surface area contributed by atoms with E-state index in [-0.39, 0.29) is 35.3 Å². The Labute approximate surface area is 142 Å². The lowest BCUT2D eigenvalue weighted by Crippen LogP contribution is -2.22. The highest BCUT2D eigenvalue weighted by atomic mass is 16.5. The Morgan fingerprint density at radius 3 is 2.56 bits per heavy atom. The maximum absolute atomic E-state index is 11.2. The van der Waals surface area contributed by atoms with Gasteiger partial charge >= 0.3 is 5.97 Å². The first-order valence-corrected chi connectivity index (χ1v) is 7.12. The number of para-hydroxylation sites is 1. The SMILES string of the molecule is NCC(=O)Nc1ccc(N=Nc2ccccc2OC(=O)CO)c(N)n1. The average Bonchev–Trinajstić information content (AvgIpc) is 2.62. The molecule has 0 aliphatic carbocycles. The zero-order chi connectivity index (χ0) is 18.2. The Balaban J connectivity index is 2.19. The summed E-state index contributed by atoms with van der Waals surface area (Å²) in [5.41, 5.74) is 11.5. The van der Waals surface area contributed by atoms with Crippen molar-refractivity contribution in [3.8, 4) is 5.75 Å². The number of esters is 1. The number of carbonyl (C=O) groups is 2. The number of hydrogen-bond donors (Lipinski definition) is 4. The van der Waals surface area contributed by atoms with Crippen molar-refractivity contribution >= 4 is 34.9 Å². The number of aliphatic hydroxyl groups is 1. The van der Waals surface area contributed by atoms with Crippen LogP contribution in [0.2, 0.25) is 0 Å². The highest BCUT2D eigenvalue weighted by Gasteiger charge is 2.08. The molecule has 2 rings (SSSR count). The molecule has 0 fully saturated rings. The van der Waals surface area contributed by atoms with Gasteiger partial charge in [0, 0.05) is 0 Å². The van der Waals surface area contributed by atoms with Gasteiger partial charge in [-0.05, 0) is 24.3 Å². The minimum Gasteiger partial charge on any atom is -0.422 e. The molecule has 2 aromatic rings. The molecular weight excluding hydrogens is 328 g/mol. The third-order valence-electron chi connectivity index (χ3n) is 2.84. The smallest absolute Gasteiger partial charge is 0.337 e. The number of aliphatic hydroxyl groups excluding tert-OH is 1. The number of amides is 1. The quantitative estimate of drug-likeness (QED) is 0.343. The molecule has 1 amide bonds. The predicted molar refractivity (Wildman–Crippen MR) is 89.7 cm³/mol. The second kappa shape index (κ2) is 8.47. The summed E-state index contributed by atoms with van der Waals surface area (Å²) < 4.78 is 4.94. The number of rotatable bonds is 6. The van der Waals surface area contributed by atoms with E-state index in [0.717, 1.165) is 0 Å². The first kappa shape index (κ1) is 18.0. The number of ether oxygens (including phenoxy) is 1. The van der Waals surface area contributed by atoms with Crippen LogP contribution in [0.25, 0.3) is 0 Å². The molecular formula is C15H16N6O4. The van der Waals surface area contributed by atoms with Crippen molar-refractivity contribution in [1.82, 2.24) is 4.98 Å². The molecule has 25 heavy (non-hydrogen) atoms. The molecule has 10 heteroatoms. The van der Waals surface area contributed by atoms with Gasteiger partial charge in [0.25, 0.3) is 0 Å². The van der Waals surface area contributed by atoms with Gasteiger partial charge in [0.2, 0.25) is 5.91 Å². The highest BCUT2D eigenvalue weighted by Crippen LogP contribution is 2.30. The Morgan fingerprint density at radius 2 is 1.88 bits per heavy atom. The molecule has 1 heterocycles. The van der Waals surface area contributed by atoms with Gasteiger partial charge < -0.3 is 26.6 Å². The van der Waals surface area contributed by atoms with Crippen molar-refractivity contribution in [2.75, 3.05) is 24.2 Å². The normalized spacial score (nSPS) is 10.6. The van der Waals surface area contributed by atoms with Crippen LogP contribution in [0.1, 0.15) is 0 Å². The molecule has 6 N–H and O–H groups in total. The Hall–Kier alpha value is -3.37. The number of nitrogen functional groups attached to an aromatic ring is 1. The summed E-state index contributed by atoms with van der Waals surface area (Å²) in [6.07, 6.45) is 0. The lowest BCUT2D eigenvalue weighted by atomic mass is 10.3. The second-order valence-electron chi connectivity index (χ2n) is 4.65. The van der Waals surface area contributed by atoms with E-state index in [1.807, 2.05) is 0 Å². The van der Waals surface area contributed by atoms with E-state index in [0.29, 0.717) is 0 Å². The molecule has 130 valence electrons. The number of benzene rings is 1. The van der Waals surface area contributed by atoms with Crippen LogP contribution in [0, 0.1) is 0 Å². The third kappa shape index (κ3) is 5.06. The van der Waals surface area contributed by atoms with E-state index in [1.165, 1.54) is 18.2 Å². The predicted octanol–water partition coefficient (Wildman–Crippen LogP) is 0.874. The van der Waals surface area contributed by atoms with Crippen LogP contribution in [0.5, 0.6) is 5.75 Å². The molecule has 1 aromatic carbocycles. The Morgan fingerprint density at radius 1 is 1.16 bits per heavy atom. The first-order chi connectivity index (χ1) is 12.0. The van der Waals surface area contributed by atoms with Gasteiger partial charge in [-0.15, -0.1) is 10.2 Å². The number of nitrogens with one attached hydrogen (secondary N) is 1. The zero-order valence-corrected chi connectivity index (χ0v) is 13.0. The van der Waals surface area contributed by atoms with Crippen molar-refractivity contribution in [2.45, 2.75) is 0 Å². The summed E-state index contributed by atoms with van der Waals surface area (Å²) in [4.78, 5) is 26.4. The molecule has 0 spiro atoms. The van der Waals surface area contributed by atoms with E-state index < -0.39 is 18.5 Å². The Kier molecular flexibility index (Phi) is 6.09. The molecule has 0 radical (unpaired) electrons. The summed E-state index contributed by atoms with van der Waals surface area (Å²) in [5, 5.41) is 19.1. The van der Waals surface area contributed by atoms with Gasteiger partial charge in [-0.3, -0.25) is 4.79 Å². The van der Waals surface area contributed by atoms with Crippen LogP contribution >= 0.6 is 0 Å². The summed E-state index contributed by atoms with van der Waals surface area (Å²) in [6.45, 7) is -0.926. The van der Waals surface area contributed by atoms with Gasteiger partial charge in [0.1, 0.15) is 23.8 Å². The van der Waals surface area contributed by atoms with Crippen molar-refractivity contribution in [3.05, 3.63) is 36.4 Å². The summed E-state index contributed by atoms with van der Waals surface area (Å²) >= 11 is 0. The number of azo groups is 1. The number of nitrogens with two attached hydrogens (primary N) is 2. The fourth-order valence-corrected chi connectivity index (χ4v) is 1.70. The lowest BCUT2D eigenvalue weighted by molar-refractivity contribution is -0.137. The molecule has 0 unspecified atom stereocenters. The fourth-order valence-electron chi connectivity index (χ4n) is 1.70. The monoisotopic (exact) mass is 344 g/mol. The summed E-state index contributed by atoms with van der Waals surface area (Å²) in [5.74, 6) is -0.791. The van der Waals surface area contributed by atoms with E-state index in [4.69, 9.17) is 21.3 Å². The number of carbonyl (C=O) groups excluding carboxylic acids is 2. The zero-order valence-electron chi connectivity index (χ0n) is 13.0. The third-order valence-corrected chi connectivity index (χ3v) is 2.84. The minimum absolute atomic E-state index is 0.0448. The molecule has 0 atom stereocenters. The summed E-state index contributed by atoms with van der Waals surface area (Å²) in [6, 6.07) is 9.41. The molecule has 1 aromatic heterocycles. The van der Waals surface area contributed by atoms with Crippen molar-refractivity contribution in [2.24, 2.45) is 16.0 Å². The molecule has 0 saturated carbocycles. The molecule has 0 aliphatic heterocycles. The molecule has 10 nitrogen and oxygen atoms in total. The van der Waals surface area contributed by atoms with Gasteiger partial charge in [-0.2, -0.15) is 0 Å². The highest BCUT2D eigenvalue weighted by molar-refractivity contribution is 5.91. The van der Waals surface area contributed by atoms with Gasteiger partial charge in [0.05, 0.1) is 6.54 Å². The average molecular weight is 344 g/mol. The standard InChI is InChI=1S/C15H16N6O4/c16-7-13(23)18-12-6-5-10(15(17)19-12)21-20-9-3-1-2-4-11(9)25-14(24)8-22/h1-6,22H,7-8,16H2,(H3,17,18,19,23). The van der Waals surface area contributed by atoms with Crippen LogP contribution in [-0.4, -0.2) is 35.1 Å². The van der Waals surface area contributed by atoms with Crippen LogP contribution in [0.4, 0.5) is 23.0 Å². The molecule has 0 aliphatic rings. The second-order valence-corrected chi connectivity index (χ2v) is 4.65. The molecule has 0 bridgehead atoms. The number of hydrogen-bond acceptors (Lipinski definition) is 9. The molecule has 0 saturated heterocycles. The van der Waals surface area contributed by atoms with Gasteiger partial charge in [-0.1, -0.05) is 12.1 Å². The van der Waals surface area contributed by atoms with E-state index in [1.54, 1.807) is 18.2 Å².